The molecule has 0 bridgehead atoms. The Hall–Kier alpha value is -3.40. The number of hydrogen-bond acceptors (Lipinski definition) is 1. The van der Waals surface area contributed by atoms with Crippen LogP contribution in [-0.2, 0) is 20.0 Å². The average molecular weight is 356 g/mol. The van der Waals surface area contributed by atoms with Crippen molar-refractivity contribution in [3.05, 3.63) is 119 Å². The van der Waals surface area contributed by atoms with Gasteiger partial charge in [-0.1, -0.05) is 48.5 Å². The minimum atomic E-state index is -0.0205. The van der Waals surface area contributed by atoms with Gasteiger partial charge in [0.25, 0.3) is 5.56 Å². The Morgan fingerprint density at radius 1 is 0.852 bits per heavy atom. The van der Waals surface area contributed by atoms with Crippen molar-refractivity contribution in [3.63, 3.8) is 0 Å². The van der Waals surface area contributed by atoms with Gasteiger partial charge in [0.1, 0.15) is 18.4 Å². The predicted octanol–water partition coefficient (Wildman–Crippen LogP) is 3.10. The molecule has 0 saturated heterocycles. The fraction of sp³-hybridized carbons (Fsp3) is 0.130. The molecule has 0 N–H and O–H groups in total. The second kappa shape index (κ2) is 7.46. The first-order valence-corrected chi connectivity index (χ1v) is 9.04. The molecule has 0 unspecified atom stereocenters. The van der Waals surface area contributed by atoms with E-state index in [-0.39, 0.29) is 5.56 Å². The summed E-state index contributed by atoms with van der Waals surface area (Å²) in [6.07, 6.45) is 6.99. The first-order chi connectivity index (χ1) is 13.2. The Labute approximate surface area is 158 Å². The van der Waals surface area contributed by atoms with Crippen molar-refractivity contribution >= 4 is 0 Å². The molecule has 0 aliphatic carbocycles. The number of rotatable bonds is 5. The minimum Gasteiger partial charge on any atom is -0.284 e. The van der Waals surface area contributed by atoms with Crippen molar-refractivity contribution in [2.24, 2.45) is 7.05 Å². The first-order valence-electron chi connectivity index (χ1n) is 9.04. The summed E-state index contributed by atoms with van der Waals surface area (Å²) >= 11 is 0. The van der Waals surface area contributed by atoms with E-state index in [1.54, 1.807) is 22.9 Å². The van der Waals surface area contributed by atoms with Gasteiger partial charge in [0.15, 0.2) is 0 Å². The van der Waals surface area contributed by atoms with Crippen LogP contribution in [-0.4, -0.2) is 9.13 Å². The zero-order valence-electron chi connectivity index (χ0n) is 15.3. The van der Waals surface area contributed by atoms with Crippen molar-refractivity contribution in [1.82, 2.24) is 9.13 Å². The molecule has 0 saturated carbocycles. The van der Waals surface area contributed by atoms with Crippen LogP contribution in [0.15, 0.2) is 96.3 Å². The Balaban J connectivity index is 1.56. The maximum atomic E-state index is 12.0. The molecule has 0 aliphatic rings. The molecule has 4 heteroatoms. The van der Waals surface area contributed by atoms with Crippen LogP contribution in [0.5, 0.6) is 0 Å². The van der Waals surface area contributed by atoms with Gasteiger partial charge in [-0.15, -0.1) is 0 Å². The Bertz CT molecular complexity index is 1090. The SMILES string of the molecule is C[n+]1cc(Cc2ccccc2)n(Cc2ccc(-n3ccccc3=O)cc2)c1. The number of aryl methyl sites for hydroxylation is 1. The van der Waals surface area contributed by atoms with Gasteiger partial charge in [0, 0.05) is 24.4 Å². The third-order valence-electron chi connectivity index (χ3n) is 4.66. The highest BCUT2D eigenvalue weighted by molar-refractivity contribution is 5.35. The normalized spacial score (nSPS) is 10.9. The van der Waals surface area contributed by atoms with Crippen LogP contribution in [0.3, 0.4) is 0 Å². The second-order valence-electron chi connectivity index (χ2n) is 6.77. The third-order valence-corrected chi connectivity index (χ3v) is 4.66. The molecule has 2 aromatic carbocycles. The second-order valence-corrected chi connectivity index (χ2v) is 6.77. The molecule has 134 valence electrons. The molecule has 0 radical (unpaired) electrons. The number of benzene rings is 2. The summed E-state index contributed by atoms with van der Waals surface area (Å²) < 4.78 is 6.02. The molecule has 4 nitrogen and oxygen atoms in total. The smallest absolute Gasteiger partial charge is 0.255 e. The van der Waals surface area contributed by atoms with Gasteiger partial charge < -0.3 is 0 Å². The molecule has 0 aliphatic heterocycles. The largest absolute Gasteiger partial charge is 0.284 e. The highest BCUT2D eigenvalue weighted by Crippen LogP contribution is 2.13. The van der Waals surface area contributed by atoms with E-state index in [1.165, 1.54) is 16.8 Å². The highest BCUT2D eigenvalue weighted by atomic mass is 16.1. The van der Waals surface area contributed by atoms with E-state index in [1.807, 2.05) is 24.3 Å². The van der Waals surface area contributed by atoms with Gasteiger partial charge >= 0.3 is 0 Å². The van der Waals surface area contributed by atoms with Gasteiger partial charge in [0.2, 0.25) is 6.33 Å². The summed E-state index contributed by atoms with van der Waals surface area (Å²) in [5, 5.41) is 0. The van der Waals surface area contributed by atoms with Crippen molar-refractivity contribution in [1.29, 1.82) is 0 Å². The molecular formula is C23H22N3O+. The van der Waals surface area contributed by atoms with E-state index >= 15 is 0 Å². The molecule has 4 aromatic rings. The maximum Gasteiger partial charge on any atom is 0.255 e. The lowest BCUT2D eigenvalue weighted by Crippen LogP contribution is -2.23. The van der Waals surface area contributed by atoms with Gasteiger partial charge in [-0.05, 0) is 29.3 Å². The maximum absolute atomic E-state index is 12.0. The summed E-state index contributed by atoms with van der Waals surface area (Å²) in [6, 6.07) is 23.9. The Morgan fingerprint density at radius 3 is 2.33 bits per heavy atom. The Kier molecular flexibility index (Phi) is 4.71. The lowest BCUT2D eigenvalue weighted by atomic mass is 10.1. The van der Waals surface area contributed by atoms with Crippen LogP contribution >= 0.6 is 0 Å². The lowest BCUT2D eigenvalue weighted by Gasteiger charge is -2.07. The lowest BCUT2D eigenvalue weighted by molar-refractivity contribution is -0.671. The van der Waals surface area contributed by atoms with Gasteiger partial charge in [0.05, 0.1) is 7.05 Å². The van der Waals surface area contributed by atoms with Crippen LogP contribution in [0.4, 0.5) is 0 Å². The summed E-state index contributed by atoms with van der Waals surface area (Å²) in [7, 11) is 2.05. The van der Waals surface area contributed by atoms with Crippen molar-refractivity contribution in [2.75, 3.05) is 0 Å². The van der Waals surface area contributed by atoms with E-state index in [9.17, 15) is 4.79 Å². The van der Waals surface area contributed by atoms with E-state index in [0.29, 0.717) is 0 Å². The van der Waals surface area contributed by atoms with Gasteiger partial charge in [-0.3, -0.25) is 9.36 Å². The van der Waals surface area contributed by atoms with Crippen molar-refractivity contribution in [3.8, 4) is 5.69 Å². The van der Waals surface area contributed by atoms with Crippen LogP contribution in [0.1, 0.15) is 16.8 Å². The van der Waals surface area contributed by atoms with Gasteiger partial charge in [-0.25, -0.2) is 9.13 Å². The zero-order valence-corrected chi connectivity index (χ0v) is 15.3. The summed E-state index contributed by atoms with van der Waals surface area (Å²) in [5.74, 6) is 0. The Morgan fingerprint density at radius 2 is 1.59 bits per heavy atom. The number of imidazole rings is 1. The van der Waals surface area contributed by atoms with E-state index in [2.05, 4.69) is 65.1 Å². The predicted molar refractivity (Wildman–Crippen MR) is 106 cm³/mol. The standard InChI is InChI=1S/C23H22N3O/c1-24-17-22(15-19-7-3-2-4-8-19)25(18-24)16-20-10-12-21(13-11-20)26-14-6-5-9-23(26)27/h2-14,17-18H,15-16H2,1H3/q+1. The number of nitrogens with zero attached hydrogens (tertiary/aromatic N) is 3. The number of pyridine rings is 1. The molecule has 2 aromatic heterocycles. The van der Waals surface area contributed by atoms with Crippen LogP contribution in [0.25, 0.3) is 5.69 Å². The van der Waals surface area contributed by atoms with Crippen molar-refractivity contribution in [2.45, 2.75) is 13.0 Å². The summed E-state index contributed by atoms with van der Waals surface area (Å²) in [4.78, 5) is 12.0. The highest BCUT2D eigenvalue weighted by Gasteiger charge is 2.13. The zero-order chi connectivity index (χ0) is 18.6. The van der Waals surface area contributed by atoms with Crippen LogP contribution in [0.2, 0.25) is 0 Å². The fourth-order valence-electron chi connectivity index (χ4n) is 3.33. The molecule has 2 heterocycles. The molecule has 27 heavy (non-hydrogen) atoms. The molecule has 4 rings (SSSR count). The monoisotopic (exact) mass is 356 g/mol. The summed E-state index contributed by atoms with van der Waals surface area (Å²) in [5.41, 5.74) is 4.64. The van der Waals surface area contributed by atoms with Gasteiger partial charge in [-0.2, -0.15) is 0 Å². The van der Waals surface area contributed by atoms with E-state index in [0.717, 1.165) is 18.7 Å². The van der Waals surface area contributed by atoms with E-state index < -0.39 is 0 Å². The molecule has 0 fully saturated rings. The van der Waals surface area contributed by atoms with Crippen LogP contribution < -0.4 is 10.1 Å². The quantitative estimate of drug-likeness (QED) is 0.506. The van der Waals surface area contributed by atoms with Crippen molar-refractivity contribution < 1.29 is 4.57 Å². The minimum absolute atomic E-state index is 0.0205. The molecule has 0 atom stereocenters. The average Bonchev–Trinajstić information content (AvgIpc) is 3.02. The molecule has 0 amide bonds. The number of hydrogen-bond donors (Lipinski definition) is 0. The number of aromatic nitrogens is 3. The molecular weight excluding hydrogens is 334 g/mol. The summed E-state index contributed by atoms with van der Waals surface area (Å²) in [6.45, 7) is 0.799. The first kappa shape index (κ1) is 17.0. The topological polar surface area (TPSA) is 30.8 Å². The molecule has 0 spiro atoms. The van der Waals surface area contributed by atoms with E-state index in [4.69, 9.17) is 0 Å². The van der Waals surface area contributed by atoms with Crippen LogP contribution in [0, 0.1) is 0 Å². The third kappa shape index (κ3) is 3.90. The fourth-order valence-corrected chi connectivity index (χ4v) is 3.33.